The van der Waals surface area contributed by atoms with Crippen LogP contribution >= 0.6 is 24.0 Å². The molecule has 6 nitrogen and oxygen atoms in total. The predicted molar refractivity (Wildman–Crippen MR) is 114 cm³/mol. The van der Waals surface area contributed by atoms with Crippen molar-refractivity contribution in [3.8, 4) is 11.5 Å². The van der Waals surface area contributed by atoms with Gasteiger partial charge in [-0.1, -0.05) is 18.2 Å². The highest BCUT2D eigenvalue weighted by Crippen LogP contribution is 2.27. The lowest BCUT2D eigenvalue weighted by Crippen LogP contribution is -2.42. The van der Waals surface area contributed by atoms with Crippen LogP contribution in [0.5, 0.6) is 11.5 Å². The maximum atomic E-state index is 13.0. The molecular formula is C19H25FIN3O3. The molecule has 8 heteroatoms. The SMILES string of the molecule is COc1ccc(CN=C(N)NCC(C)(O)c2ccc(F)cc2)cc1OC.I. The predicted octanol–water partition coefficient (Wildman–Crippen LogP) is 2.77. The van der Waals surface area contributed by atoms with Gasteiger partial charge in [0.25, 0.3) is 0 Å². The fourth-order valence-electron chi connectivity index (χ4n) is 2.39. The Bertz CT molecular complexity index is 767. The Kier molecular flexibility index (Phi) is 8.77. The molecule has 0 saturated heterocycles. The summed E-state index contributed by atoms with van der Waals surface area (Å²) in [5.74, 6) is 1.10. The van der Waals surface area contributed by atoms with Crippen molar-refractivity contribution >= 4 is 29.9 Å². The van der Waals surface area contributed by atoms with Gasteiger partial charge >= 0.3 is 0 Å². The fraction of sp³-hybridized carbons (Fsp3) is 0.316. The number of guanidine groups is 1. The van der Waals surface area contributed by atoms with Gasteiger partial charge in [0.2, 0.25) is 0 Å². The van der Waals surface area contributed by atoms with Crippen LogP contribution < -0.4 is 20.5 Å². The third kappa shape index (κ3) is 6.55. The zero-order chi connectivity index (χ0) is 19.2. The van der Waals surface area contributed by atoms with Crippen molar-refractivity contribution in [1.29, 1.82) is 0 Å². The van der Waals surface area contributed by atoms with Crippen LogP contribution in [0, 0.1) is 5.82 Å². The van der Waals surface area contributed by atoms with Crippen LogP contribution in [0.4, 0.5) is 4.39 Å². The molecule has 2 aromatic carbocycles. The Balaban J connectivity index is 0.00000364. The van der Waals surface area contributed by atoms with Gasteiger partial charge in [-0.05, 0) is 42.3 Å². The van der Waals surface area contributed by atoms with Crippen LogP contribution in [-0.4, -0.2) is 31.8 Å². The maximum Gasteiger partial charge on any atom is 0.189 e. The third-order valence-corrected chi connectivity index (χ3v) is 3.96. The van der Waals surface area contributed by atoms with Gasteiger partial charge in [0.05, 0.1) is 27.3 Å². The van der Waals surface area contributed by atoms with Gasteiger partial charge in [-0.3, -0.25) is 0 Å². The van der Waals surface area contributed by atoms with Gasteiger partial charge in [-0.2, -0.15) is 0 Å². The summed E-state index contributed by atoms with van der Waals surface area (Å²) < 4.78 is 23.4. The molecule has 1 unspecified atom stereocenters. The summed E-state index contributed by atoms with van der Waals surface area (Å²) in [4.78, 5) is 4.25. The number of hydrogen-bond donors (Lipinski definition) is 3. The van der Waals surface area contributed by atoms with Gasteiger partial charge in [0.15, 0.2) is 17.5 Å². The molecule has 148 valence electrons. The highest BCUT2D eigenvalue weighted by Gasteiger charge is 2.23. The second kappa shape index (κ2) is 10.3. The van der Waals surface area contributed by atoms with E-state index in [1.807, 2.05) is 12.1 Å². The van der Waals surface area contributed by atoms with Crippen molar-refractivity contribution in [2.24, 2.45) is 10.7 Å². The number of hydrogen-bond acceptors (Lipinski definition) is 4. The molecular weight excluding hydrogens is 464 g/mol. The molecule has 0 bridgehead atoms. The first-order valence-electron chi connectivity index (χ1n) is 8.09. The minimum Gasteiger partial charge on any atom is -0.493 e. The van der Waals surface area contributed by atoms with Gasteiger partial charge < -0.3 is 25.6 Å². The monoisotopic (exact) mass is 489 g/mol. The summed E-state index contributed by atoms with van der Waals surface area (Å²) in [5.41, 5.74) is 6.14. The quantitative estimate of drug-likeness (QED) is 0.316. The third-order valence-electron chi connectivity index (χ3n) is 3.96. The van der Waals surface area contributed by atoms with Crippen LogP contribution in [0.15, 0.2) is 47.5 Å². The van der Waals surface area contributed by atoms with Crippen molar-refractivity contribution in [2.45, 2.75) is 19.1 Å². The Labute approximate surface area is 175 Å². The Morgan fingerprint density at radius 1 is 1.15 bits per heavy atom. The van der Waals surface area contributed by atoms with Gasteiger partial charge in [0, 0.05) is 0 Å². The summed E-state index contributed by atoms with van der Waals surface area (Å²) in [5, 5.41) is 13.4. The standard InChI is InChI=1S/C19H24FN3O3.HI/c1-19(24,14-5-7-15(20)8-6-14)12-23-18(21)22-11-13-4-9-16(25-2)17(10-13)26-3;/h4-10,24H,11-12H2,1-3H3,(H3,21,22,23);1H. The molecule has 0 heterocycles. The summed E-state index contributed by atoms with van der Waals surface area (Å²) in [6, 6.07) is 11.2. The van der Waals surface area contributed by atoms with Gasteiger partial charge in [-0.15, -0.1) is 24.0 Å². The van der Waals surface area contributed by atoms with Crippen LogP contribution in [0.3, 0.4) is 0 Å². The number of nitrogens with zero attached hydrogens (tertiary/aromatic N) is 1. The lowest BCUT2D eigenvalue weighted by Gasteiger charge is -2.24. The molecule has 27 heavy (non-hydrogen) atoms. The molecule has 0 aliphatic heterocycles. The molecule has 4 N–H and O–H groups in total. The summed E-state index contributed by atoms with van der Waals surface area (Å²) in [6.45, 7) is 2.10. The first-order valence-corrected chi connectivity index (χ1v) is 8.09. The fourth-order valence-corrected chi connectivity index (χ4v) is 2.39. The van der Waals surface area contributed by atoms with Crippen LogP contribution in [-0.2, 0) is 12.1 Å². The van der Waals surface area contributed by atoms with E-state index in [1.165, 1.54) is 24.3 Å². The molecule has 0 saturated carbocycles. The van der Waals surface area contributed by atoms with E-state index in [2.05, 4.69) is 10.3 Å². The topological polar surface area (TPSA) is 89.1 Å². The summed E-state index contributed by atoms with van der Waals surface area (Å²) in [7, 11) is 3.14. The normalized spacial score (nSPS) is 13.3. The zero-order valence-electron chi connectivity index (χ0n) is 15.5. The smallest absolute Gasteiger partial charge is 0.189 e. The largest absolute Gasteiger partial charge is 0.493 e. The number of ether oxygens (including phenoxy) is 2. The van der Waals surface area contributed by atoms with Crippen molar-refractivity contribution in [3.05, 3.63) is 59.4 Å². The van der Waals surface area contributed by atoms with Crippen LogP contribution in [0.1, 0.15) is 18.1 Å². The molecule has 1 atom stereocenters. The van der Waals surface area contributed by atoms with Crippen LogP contribution in [0.2, 0.25) is 0 Å². The van der Waals surface area contributed by atoms with E-state index in [1.54, 1.807) is 27.2 Å². The highest BCUT2D eigenvalue weighted by molar-refractivity contribution is 14.0. The molecule has 0 spiro atoms. The molecule has 2 aromatic rings. The first kappa shape index (κ1) is 23.0. The lowest BCUT2D eigenvalue weighted by atomic mass is 9.96. The first-order chi connectivity index (χ1) is 12.4. The second-order valence-corrected chi connectivity index (χ2v) is 6.03. The molecule has 0 aliphatic carbocycles. The number of benzene rings is 2. The number of nitrogens with one attached hydrogen (secondary N) is 1. The van der Waals surface area contributed by atoms with E-state index in [-0.39, 0.29) is 42.3 Å². The van der Waals surface area contributed by atoms with E-state index in [0.29, 0.717) is 23.6 Å². The minimum atomic E-state index is -1.21. The Morgan fingerprint density at radius 2 is 1.78 bits per heavy atom. The van der Waals surface area contributed by atoms with E-state index in [4.69, 9.17) is 15.2 Å². The van der Waals surface area contributed by atoms with Crippen molar-refractivity contribution < 1.29 is 19.0 Å². The molecule has 0 aliphatic rings. The zero-order valence-corrected chi connectivity index (χ0v) is 17.9. The molecule has 0 fully saturated rings. The molecule has 0 amide bonds. The van der Waals surface area contributed by atoms with Crippen molar-refractivity contribution in [3.63, 3.8) is 0 Å². The number of rotatable bonds is 7. The van der Waals surface area contributed by atoms with E-state index in [9.17, 15) is 9.50 Å². The minimum absolute atomic E-state index is 0. The maximum absolute atomic E-state index is 13.0. The van der Waals surface area contributed by atoms with Crippen molar-refractivity contribution in [2.75, 3.05) is 20.8 Å². The Hall–Kier alpha value is -2.07. The molecule has 0 aromatic heterocycles. The highest BCUT2D eigenvalue weighted by atomic mass is 127. The lowest BCUT2D eigenvalue weighted by molar-refractivity contribution is 0.0618. The van der Waals surface area contributed by atoms with Gasteiger partial charge in [0.1, 0.15) is 11.4 Å². The van der Waals surface area contributed by atoms with Crippen LogP contribution in [0.25, 0.3) is 0 Å². The average molecular weight is 489 g/mol. The molecule has 0 radical (unpaired) electrons. The number of methoxy groups -OCH3 is 2. The summed E-state index contributed by atoms with van der Waals surface area (Å²) in [6.07, 6.45) is 0. The van der Waals surface area contributed by atoms with E-state index in [0.717, 1.165) is 5.56 Å². The summed E-state index contributed by atoms with van der Waals surface area (Å²) >= 11 is 0. The number of halogens is 2. The van der Waals surface area contributed by atoms with Gasteiger partial charge in [-0.25, -0.2) is 9.38 Å². The number of nitrogens with two attached hydrogens (primary N) is 1. The number of aliphatic imine (C=N–C) groups is 1. The van der Waals surface area contributed by atoms with Crippen molar-refractivity contribution in [1.82, 2.24) is 5.32 Å². The second-order valence-electron chi connectivity index (χ2n) is 6.03. The average Bonchev–Trinajstić information content (AvgIpc) is 2.64. The molecule has 2 rings (SSSR count). The van der Waals surface area contributed by atoms with E-state index < -0.39 is 5.60 Å². The van der Waals surface area contributed by atoms with E-state index >= 15 is 0 Å². The Morgan fingerprint density at radius 3 is 2.37 bits per heavy atom. The number of aliphatic hydroxyl groups is 1.